The van der Waals surface area contributed by atoms with Crippen molar-refractivity contribution in [3.63, 3.8) is 0 Å². The third kappa shape index (κ3) is 2.47. The Hall–Kier alpha value is -1.39. The minimum atomic E-state index is -0.292. The Morgan fingerprint density at radius 1 is 1.29 bits per heavy atom. The number of imidazole rings is 1. The Bertz CT molecular complexity index is 827. The van der Waals surface area contributed by atoms with Gasteiger partial charge < -0.3 is 0 Å². The fourth-order valence-corrected chi connectivity index (χ4v) is 2.93. The number of benzene rings is 2. The Kier molecular flexibility index (Phi) is 3.76. The van der Waals surface area contributed by atoms with Crippen LogP contribution < -0.4 is 0 Å². The summed E-state index contributed by atoms with van der Waals surface area (Å²) in [7, 11) is 0. The molecule has 0 N–H and O–H groups in total. The van der Waals surface area contributed by atoms with Crippen LogP contribution in [0.1, 0.15) is 23.7 Å². The summed E-state index contributed by atoms with van der Waals surface area (Å²) in [5, 5.41) is -0.249. The lowest BCUT2D eigenvalue weighted by Crippen LogP contribution is -2.02. The first-order chi connectivity index (χ1) is 9.99. The highest BCUT2D eigenvalue weighted by atomic mass is 79.9. The quantitative estimate of drug-likeness (QED) is 0.544. The van der Waals surface area contributed by atoms with Gasteiger partial charge in [0.05, 0.1) is 20.9 Å². The largest absolute Gasteiger partial charge is 0.295 e. The lowest BCUT2D eigenvalue weighted by molar-refractivity contribution is 0.620. The van der Waals surface area contributed by atoms with Gasteiger partial charge in [0.25, 0.3) is 0 Å². The van der Waals surface area contributed by atoms with Crippen LogP contribution in [0.3, 0.4) is 0 Å². The van der Waals surface area contributed by atoms with Crippen molar-refractivity contribution in [3.05, 3.63) is 58.1 Å². The number of hydrogen-bond donors (Lipinski definition) is 0. The summed E-state index contributed by atoms with van der Waals surface area (Å²) in [6.45, 7) is 3.90. The molecule has 0 aliphatic heterocycles. The molecule has 0 radical (unpaired) electrons. The van der Waals surface area contributed by atoms with Crippen LogP contribution in [-0.2, 0) is 0 Å². The van der Waals surface area contributed by atoms with E-state index >= 15 is 0 Å². The summed E-state index contributed by atoms with van der Waals surface area (Å²) in [4.78, 5) is 4.66. The zero-order valence-corrected chi connectivity index (χ0v) is 13.9. The molecular formula is C16H13BrClFN2. The molecule has 1 unspecified atom stereocenters. The molecule has 0 spiro atoms. The van der Waals surface area contributed by atoms with Gasteiger partial charge in [-0.3, -0.25) is 4.57 Å². The lowest BCUT2D eigenvalue weighted by Gasteiger charge is -2.11. The molecule has 5 heteroatoms. The highest BCUT2D eigenvalue weighted by molar-refractivity contribution is 9.10. The standard InChI is InChI=1S/C16H13BrClFN2/c1-9-4-3-5-14-15(9)20-16(10(2)18)21(14)11-6-7-13(19)12(17)8-11/h3-8,10H,1-2H3. The normalized spacial score (nSPS) is 12.8. The highest BCUT2D eigenvalue weighted by Gasteiger charge is 2.17. The monoisotopic (exact) mass is 366 g/mol. The van der Waals surface area contributed by atoms with Gasteiger partial charge in [0.2, 0.25) is 0 Å². The number of alkyl halides is 1. The van der Waals surface area contributed by atoms with Crippen LogP contribution in [0.2, 0.25) is 0 Å². The molecule has 1 atom stereocenters. The van der Waals surface area contributed by atoms with Crippen molar-refractivity contribution < 1.29 is 4.39 Å². The molecular weight excluding hydrogens is 355 g/mol. The van der Waals surface area contributed by atoms with E-state index in [1.165, 1.54) is 6.07 Å². The Morgan fingerprint density at radius 2 is 2.05 bits per heavy atom. The van der Waals surface area contributed by atoms with Crippen molar-refractivity contribution in [3.8, 4) is 5.69 Å². The maximum Gasteiger partial charge on any atom is 0.137 e. The van der Waals surface area contributed by atoms with E-state index in [-0.39, 0.29) is 11.2 Å². The van der Waals surface area contributed by atoms with Gasteiger partial charge in [-0.1, -0.05) is 12.1 Å². The molecule has 1 aromatic heterocycles. The van der Waals surface area contributed by atoms with E-state index in [0.717, 1.165) is 28.1 Å². The van der Waals surface area contributed by atoms with E-state index in [2.05, 4.69) is 20.9 Å². The number of hydrogen-bond acceptors (Lipinski definition) is 1. The van der Waals surface area contributed by atoms with Crippen molar-refractivity contribution in [2.24, 2.45) is 0 Å². The fraction of sp³-hybridized carbons (Fsp3) is 0.188. The van der Waals surface area contributed by atoms with Crippen LogP contribution >= 0.6 is 27.5 Å². The van der Waals surface area contributed by atoms with Gasteiger partial charge >= 0.3 is 0 Å². The summed E-state index contributed by atoms with van der Waals surface area (Å²) in [5.74, 6) is 0.458. The van der Waals surface area contributed by atoms with Crippen LogP contribution in [-0.4, -0.2) is 9.55 Å². The summed E-state index contributed by atoms with van der Waals surface area (Å²) in [5.41, 5.74) is 3.81. The third-order valence-corrected chi connectivity index (χ3v) is 4.23. The number of nitrogens with zero attached hydrogens (tertiary/aromatic N) is 2. The molecule has 0 saturated heterocycles. The van der Waals surface area contributed by atoms with Crippen LogP contribution in [0.4, 0.5) is 4.39 Å². The van der Waals surface area contributed by atoms with Gasteiger partial charge in [-0.05, 0) is 59.6 Å². The second-order valence-electron chi connectivity index (χ2n) is 4.96. The van der Waals surface area contributed by atoms with E-state index in [9.17, 15) is 4.39 Å². The summed E-state index contributed by atoms with van der Waals surface area (Å²) < 4.78 is 15.9. The Morgan fingerprint density at radius 3 is 2.71 bits per heavy atom. The third-order valence-electron chi connectivity index (χ3n) is 3.43. The lowest BCUT2D eigenvalue weighted by atomic mass is 10.2. The van der Waals surface area contributed by atoms with E-state index in [0.29, 0.717) is 4.47 Å². The molecule has 0 amide bonds. The Labute approximate surface area is 135 Å². The van der Waals surface area contributed by atoms with Crippen LogP contribution in [0.15, 0.2) is 40.9 Å². The topological polar surface area (TPSA) is 17.8 Å². The minimum Gasteiger partial charge on any atom is -0.295 e. The van der Waals surface area contributed by atoms with E-state index in [1.54, 1.807) is 12.1 Å². The zero-order valence-electron chi connectivity index (χ0n) is 11.6. The first kappa shape index (κ1) is 14.5. The van der Waals surface area contributed by atoms with Crippen LogP contribution in [0.25, 0.3) is 16.7 Å². The average molecular weight is 368 g/mol. The molecule has 0 saturated carbocycles. The van der Waals surface area contributed by atoms with Gasteiger partial charge in [-0.15, -0.1) is 11.6 Å². The molecule has 3 rings (SSSR count). The molecule has 3 aromatic rings. The van der Waals surface area contributed by atoms with Crippen molar-refractivity contribution in [1.82, 2.24) is 9.55 Å². The van der Waals surface area contributed by atoms with E-state index in [1.807, 2.05) is 36.6 Å². The van der Waals surface area contributed by atoms with E-state index in [4.69, 9.17) is 11.6 Å². The van der Waals surface area contributed by atoms with Gasteiger partial charge in [-0.2, -0.15) is 0 Å². The molecule has 0 aliphatic carbocycles. The first-order valence-corrected chi connectivity index (χ1v) is 7.79. The van der Waals surface area contributed by atoms with Gasteiger partial charge in [-0.25, -0.2) is 9.37 Å². The van der Waals surface area contributed by atoms with Crippen molar-refractivity contribution >= 4 is 38.6 Å². The summed E-state index contributed by atoms with van der Waals surface area (Å²) >= 11 is 9.51. The van der Waals surface area contributed by atoms with E-state index < -0.39 is 0 Å². The van der Waals surface area contributed by atoms with Crippen LogP contribution in [0, 0.1) is 12.7 Å². The summed E-state index contributed by atoms with van der Waals surface area (Å²) in [6, 6.07) is 10.9. The predicted octanol–water partition coefficient (Wildman–Crippen LogP) is 5.54. The average Bonchev–Trinajstić information content (AvgIpc) is 2.83. The number of fused-ring (bicyclic) bond motifs is 1. The van der Waals surface area contributed by atoms with Crippen molar-refractivity contribution in [2.75, 3.05) is 0 Å². The zero-order chi connectivity index (χ0) is 15.1. The summed E-state index contributed by atoms with van der Waals surface area (Å²) in [6.07, 6.45) is 0. The maximum atomic E-state index is 13.5. The SMILES string of the molecule is Cc1cccc2c1nc(C(C)Cl)n2-c1ccc(F)c(Br)c1. The molecule has 2 aromatic carbocycles. The molecule has 0 bridgehead atoms. The first-order valence-electron chi connectivity index (χ1n) is 6.56. The maximum absolute atomic E-state index is 13.5. The van der Waals surface area contributed by atoms with Crippen molar-refractivity contribution in [2.45, 2.75) is 19.2 Å². The van der Waals surface area contributed by atoms with Crippen LogP contribution in [0.5, 0.6) is 0 Å². The second-order valence-corrected chi connectivity index (χ2v) is 6.47. The molecule has 2 nitrogen and oxygen atoms in total. The smallest absolute Gasteiger partial charge is 0.137 e. The number of para-hydroxylation sites is 1. The molecule has 1 heterocycles. The van der Waals surface area contributed by atoms with Gasteiger partial charge in [0.15, 0.2) is 0 Å². The minimum absolute atomic E-state index is 0.249. The second kappa shape index (κ2) is 5.43. The van der Waals surface area contributed by atoms with Gasteiger partial charge in [0.1, 0.15) is 11.6 Å². The predicted molar refractivity (Wildman–Crippen MR) is 87.7 cm³/mol. The number of halogens is 3. The molecule has 0 aliphatic rings. The number of aromatic nitrogens is 2. The molecule has 108 valence electrons. The Balaban J connectivity index is 2.36. The number of rotatable bonds is 2. The molecule has 21 heavy (non-hydrogen) atoms. The fourth-order valence-electron chi connectivity index (χ4n) is 2.42. The van der Waals surface area contributed by atoms with Gasteiger partial charge in [0, 0.05) is 5.69 Å². The van der Waals surface area contributed by atoms with Crippen molar-refractivity contribution in [1.29, 1.82) is 0 Å². The number of aryl methyl sites for hydroxylation is 1. The molecule has 0 fully saturated rings. The highest BCUT2D eigenvalue weighted by Crippen LogP contribution is 2.31.